The Labute approximate surface area is 171 Å². The van der Waals surface area contributed by atoms with E-state index in [-0.39, 0.29) is 16.7 Å². The summed E-state index contributed by atoms with van der Waals surface area (Å²) in [6.07, 6.45) is -5.53. The standard InChI is InChI=1S/C19H19NO8S/c1-11-15(21)17(16(22)18(25-11)26-13-5-3-2-4-6-13)28-19(29)27-14-9-7-12(8-10-14)20(23)24/h2-11,15-18,21-22H,1H3/t11-,15+,16-,17+,18+/m0/s1. The first-order chi connectivity index (χ1) is 13.8. The highest BCUT2D eigenvalue weighted by molar-refractivity contribution is 7.79. The predicted molar refractivity (Wildman–Crippen MR) is 105 cm³/mol. The van der Waals surface area contributed by atoms with Crippen LogP contribution >= 0.6 is 12.2 Å². The van der Waals surface area contributed by atoms with Crippen molar-refractivity contribution in [3.05, 3.63) is 64.7 Å². The fourth-order valence-corrected chi connectivity index (χ4v) is 2.94. The van der Waals surface area contributed by atoms with E-state index in [0.717, 1.165) is 0 Å². The summed E-state index contributed by atoms with van der Waals surface area (Å²) in [7, 11) is 0. The third-order valence-electron chi connectivity index (χ3n) is 4.26. The number of nitro groups is 1. The van der Waals surface area contributed by atoms with Crippen LogP contribution in [-0.2, 0) is 9.47 Å². The van der Waals surface area contributed by atoms with Gasteiger partial charge in [-0.25, -0.2) is 0 Å². The van der Waals surface area contributed by atoms with Gasteiger partial charge in [-0.1, -0.05) is 18.2 Å². The Morgan fingerprint density at radius 3 is 2.34 bits per heavy atom. The van der Waals surface area contributed by atoms with Crippen LogP contribution in [0.4, 0.5) is 5.69 Å². The molecule has 0 saturated carbocycles. The second-order valence-corrected chi connectivity index (χ2v) is 6.64. The molecule has 0 spiro atoms. The van der Waals surface area contributed by atoms with Crippen LogP contribution in [0, 0.1) is 10.1 Å². The molecule has 2 aromatic carbocycles. The van der Waals surface area contributed by atoms with Gasteiger partial charge in [-0.2, -0.15) is 0 Å². The number of benzene rings is 2. The second-order valence-electron chi connectivity index (χ2n) is 6.31. The van der Waals surface area contributed by atoms with Gasteiger partial charge in [-0.3, -0.25) is 10.1 Å². The average Bonchev–Trinajstić information content (AvgIpc) is 2.70. The molecule has 0 aromatic heterocycles. The average molecular weight is 421 g/mol. The number of hydrogen-bond acceptors (Lipinski definition) is 9. The summed E-state index contributed by atoms with van der Waals surface area (Å²) in [6, 6.07) is 14.0. The molecule has 0 aliphatic carbocycles. The van der Waals surface area contributed by atoms with Crippen LogP contribution in [0.1, 0.15) is 6.92 Å². The Bertz CT molecular complexity index is 847. The van der Waals surface area contributed by atoms with Crippen LogP contribution in [0.5, 0.6) is 11.5 Å². The van der Waals surface area contributed by atoms with Crippen molar-refractivity contribution in [2.75, 3.05) is 0 Å². The molecule has 0 amide bonds. The van der Waals surface area contributed by atoms with E-state index in [2.05, 4.69) is 0 Å². The molecule has 9 nitrogen and oxygen atoms in total. The number of rotatable bonds is 5. The normalized spacial score (nSPS) is 26.4. The zero-order chi connectivity index (χ0) is 21.0. The molecule has 0 bridgehead atoms. The maximum Gasteiger partial charge on any atom is 0.358 e. The van der Waals surface area contributed by atoms with Gasteiger partial charge in [0.15, 0.2) is 12.2 Å². The van der Waals surface area contributed by atoms with Gasteiger partial charge in [-0.05, 0) is 31.2 Å². The number of hydrogen-bond donors (Lipinski definition) is 2. The number of thiocarbonyl (C=S) groups is 1. The highest BCUT2D eigenvalue weighted by atomic mass is 32.1. The van der Waals surface area contributed by atoms with E-state index in [1.807, 2.05) is 6.07 Å². The second kappa shape index (κ2) is 9.14. The van der Waals surface area contributed by atoms with Gasteiger partial charge in [0.25, 0.3) is 5.69 Å². The molecule has 1 fully saturated rings. The van der Waals surface area contributed by atoms with Crippen molar-refractivity contribution in [3.63, 3.8) is 0 Å². The highest BCUT2D eigenvalue weighted by Gasteiger charge is 2.46. The third kappa shape index (κ3) is 5.18. The number of aliphatic hydroxyl groups excluding tert-OH is 2. The molecule has 2 N–H and O–H groups in total. The molecule has 3 rings (SSSR count). The van der Waals surface area contributed by atoms with Crippen molar-refractivity contribution in [1.82, 2.24) is 0 Å². The number of nitrogens with zero attached hydrogens (tertiary/aromatic N) is 1. The van der Waals surface area contributed by atoms with E-state index in [1.54, 1.807) is 31.2 Å². The molecule has 10 heteroatoms. The van der Waals surface area contributed by atoms with Crippen molar-refractivity contribution in [2.24, 2.45) is 0 Å². The minimum Gasteiger partial charge on any atom is -0.462 e. The summed E-state index contributed by atoms with van der Waals surface area (Å²) >= 11 is 5.03. The van der Waals surface area contributed by atoms with E-state index in [0.29, 0.717) is 5.75 Å². The molecule has 154 valence electrons. The number of nitro benzene ring substituents is 1. The van der Waals surface area contributed by atoms with Crippen LogP contribution in [0.15, 0.2) is 54.6 Å². The molecule has 0 unspecified atom stereocenters. The Morgan fingerprint density at radius 1 is 1.07 bits per heavy atom. The predicted octanol–water partition coefficient (Wildman–Crippen LogP) is 2.19. The molecule has 29 heavy (non-hydrogen) atoms. The summed E-state index contributed by atoms with van der Waals surface area (Å²) in [4.78, 5) is 10.2. The van der Waals surface area contributed by atoms with Crippen molar-refractivity contribution >= 4 is 23.1 Å². The maximum atomic E-state index is 10.7. The fraction of sp³-hybridized carbons (Fsp3) is 0.316. The van der Waals surface area contributed by atoms with Crippen molar-refractivity contribution in [1.29, 1.82) is 0 Å². The zero-order valence-corrected chi connectivity index (χ0v) is 16.1. The van der Waals surface area contributed by atoms with E-state index >= 15 is 0 Å². The molecule has 1 heterocycles. The Hall–Kier alpha value is -2.79. The highest BCUT2D eigenvalue weighted by Crippen LogP contribution is 2.27. The minimum atomic E-state index is -1.36. The molecular weight excluding hydrogens is 402 g/mol. The monoisotopic (exact) mass is 421 g/mol. The number of non-ortho nitro benzene ring substituents is 1. The van der Waals surface area contributed by atoms with E-state index in [1.165, 1.54) is 24.3 Å². The largest absolute Gasteiger partial charge is 0.462 e. The molecule has 0 radical (unpaired) electrons. The lowest BCUT2D eigenvalue weighted by molar-refractivity contribution is -0.384. The van der Waals surface area contributed by atoms with Gasteiger partial charge in [0.1, 0.15) is 17.6 Å². The summed E-state index contributed by atoms with van der Waals surface area (Å²) in [5.74, 6) is 0.686. The lowest BCUT2D eigenvalue weighted by atomic mass is 10.00. The summed E-state index contributed by atoms with van der Waals surface area (Å²) in [5.41, 5.74) is -0.103. The first kappa shape index (κ1) is 20.9. The van der Waals surface area contributed by atoms with Crippen molar-refractivity contribution in [3.8, 4) is 11.5 Å². The SMILES string of the molecule is C[C@@H]1O[C@H](Oc2ccccc2)[C@@H](O)[C@H](OC(=S)Oc2ccc([N+](=O)[O-])cc2)[C@@H]1O. The van der Waals surface area contributed by atoms with Gasteiger partial charge in [0.05, 0.1) is 11.0 Å². The van der Waals surface area contributed by atoms with Crippen LogP contribution < -0.4 is 9.47 Å². The van der Waals surface area contributed by atoms with Gasteiger partial charge in [0.2, 0.25) is 6.29 Å². The van der Waals surface area contributed by atoms with Crippen molar-refractivity contribution in [2.45, 2.75) is 37.6 Å². The molecule has 1 aliphatic rings. The topological polar surface area (TPSA) is 121 Å². The maximum absolute atomic E-state index is 10.7. The number of ether oxygens (including phenoxy) is 4. The van der Waals surface area contributed by atoms with Crippen molar-refractivity contribution < 1.29 is 34.1 Å². The Kier molecular flexibility index (Phi) is 6.60. The van der Waals surface area contributed by atoms with Gasteiger partial charge >= 0.3 is 5.24 Å². The summed E-state index contributed by atoms with van der Waals surface area (Å²) in [5, 5.41) is 31.2. The van der Waals surface area contributed by atoms with E-state index in [9.17, 15) is 20.3 Å². The Morgan fingerprint density at radius 2 is 1.72 bits per heavy atom. The van der Waals surface area contributed by atoms with Crippen LogP contribution in [0.3, 0.4) is 0 Å². The van der Waals surface area contributed by atoms with Gasteiger partial charge < -0.3 is 29.2 Å². The van der Waals surface area contributed by atoms with E-state index < -0.39 is 35.6 Å². The third-order valence-corrected chi connectivity index (χ3v) is 4.44. The lowest BCUT2D eigenvalue weighted by Gasteiger charge is -2.40. The van der Waals surface area contributed by atoms with Crippen LogP contribution in [-0.4, -0.2) is 51.1 Å². The lowest BCUT2D eigenvalue weighted by Crippen LogP contribution is -2.59. The number of aliphatic hydroxyl groups is 2. The fourth-order valence-electron chi connectivity index (χ4n) is 2.73. The molecule has 1 saturated heterocycles. The first-order valence-corrected chi connectivity index (χ1v) is 9.12. The molecule has 5 atom stereocenters. The van der Waals surface area contributed by atoms with Crippen LogP contribution in [0.25, 0.3) is 0 Å². The first-order valence-electron chi connectivity index (χ1n) is 8.71. The summed E-state index contributed by atoms with van der Waals surface area (Å²) < 4.78 is 21.9. The molecule has 2 aromatic rings. The zero-order valence-electron chi connectivity index (χ0n) is 15.3. The van der Waals surface area contributed by atoms with Crippen LogP contribution in [0.2, 0.25) is 0 Å². The molecule has 1 aliphatic heterocycles. The smallest absolute Gasteiger partial charge is 0.358 e. The summed E-state index contributed by atoms with van der Waals surface area (Å²) in [6.45, 7) is 1.61. The van der Waals surface area contributed by atoms with Gasteiger partial charge in [0, 0.05) is 24.4 Å². The van der Waals surface area contributed by atoms with Gasteiger partial charge in [-0.15, -0.1) is 0 Å². The van der Waals surface area contributed by atoms with E-state index in [4.69, 9.17) is 31.2 Å². The Balaban J connectivity index is 1.65. The number of para-hydroxylation sites is 1. The minimum absolute atomic E-state index is 0.103. The molecular formula is C19H19NO8S. The quantitative estimate of drug-likeness (QED) is 0.425.